The Labute approximate surface area is 85.1 Å². The van der Waals surface area contributed by atoms with Crippen molar-refractivity contribution in [2.45, 2.75) is 27.2 Å². The Morgan fingerprint density at radius 1 is 1.43 bits per heavy atom. The second kappa shape index (κ2) is 4.84. The fraction of sp³-hybridized carbons (Fsp3) is 0.545. The number of aryl methyl sites for hydroxylation is 1. The first-order valence-corrected chi connectivity index (χ1v) is 5.09. The first-order valence-electron chi connectivity index (χ1n) is 5.09. The van der Waals surface area contributed by atoms with Crippen LogP contribution in [0.2, 0.25) is 0 Å². The van der Waals surface area contributed by atoms with Gasteiger partial charge in [0.05, 0.1) is 6.42 Å². The molecule has 0 atom stereocenters. The van der Waals surface area contributed by atoms with Crippen LogP contribution in [0.5, 0.6) is 0 Å². The molecule has 0 aromatic carbocycles. The summed E-state index contributed by atoms with van der Waals surface area (Å²) in [6, 6.07) is 2.02. The van der Waals surface area contributed by atoms with E-state index in [-0.39, 0.29) is 5.91 Å². The van der Waals surface area contributed by atoms with Crippen LogP contribution in [-0.2, 0) is 11.2 Å². The molecule has 1 N–H and O–H groups in total. The first-order chi connectivity index (χ1) is 6.67. The summed E-state index contributed by atoms with van der Waals surface area (Å²) in [4.78, 5) is 16.6. The number of nitrogens with one attached hydrogen (secondary N) is 1. The molecule has 78 valence electrons. The van der Waals surface area contributed by atoms with Gasteiger partial charge in [-0.3, -0.25) is 4.79 Å². The maximum atomic E-state index is 11.7. The highest BCUT2D eigenvalue weighted by molar-refractivity contribution is 5.78. The van der Waals surface area contributed by atoms with E-state index in [1.165, 1.54) is 0 Å². The van der Waals surface area contributed by atoms with Gasteiger partial charge in [0.25, 0.3) is 0 Å². The lowest BCUT2D eigenvalue weighted by atomic mass is 10.2. The fourth-order valence-electron chi connectivity index (χ4n) is 1.53. The standard InChI is InChI=1S/C11H18N2O/c1-4-13(5-2)11(14)7-10-6-9(3)12-8-10/h6,8,12H,4-5,7H2,1-3H3. The summed E-state index contributed by atoms with van der Waals surface area (Å²) >= 11 is 0. The molecule has 0 saturated heterocycles. The predicted molar refractivity (Wildman–Crippen MR) is 57.2 cm³/mol. The molecule has 3 nitrogen and oxygen atoms in total. The Morgan fingerprint density at radius 3 is 2.50 bits per heavy atom. The van der Waals surface area contributed by atoms with E-state index < -0.39 is 0 Å². The monoisotopic (exact) mass is 194 g/mol. The topological polar surface area (TPSA) is 36.1 Å². The van der Waals surface area contributed by atoms with Gasteiger partial charge in [0.15, 0.2) is 0 Å². The largest absolute Gasteiger partial charge is 0.365 e. The minimum atomic E-state index is 0.203. The molecule has 0 aliphatic heterocycles. The lowest BCUT2D eigenvalue weighted by molar-refractivity contribution is -0.130. The van der Waals surface area contributed by atoms with Crippen LogP contribution in [0.15, 0.2) is 12.3 Å². The molecule has 0 fully saturated rings. The van der Waals surface area contributed by atoms with Crippen LogP contribution in [0.25, 0.3) is 0 Å². The molecule has 3 heteroatoms. The average molecular weight is 194 g/mol. The number of carbonyl (C=O) groups excluding carboxylic acids is 1. The summed E-state index contributed by atoms with van der Waals surface area (Å²) < 4.78 is 0. The SMILES string of the molecule is CCN(CC)C(=O)Cc1c[nH]c(C)c1. The molecule has 0 spiro atoms. The Balaban J connectivity index is 2.56. The third-order valence-corrected chi connectivity index (χ3v) is 2.36. The van der Waals surface area contributed by atoms with Crippen LogP contribution in [0.4, 0.5) is 0 Å². The van der Waals surface area contributed by atoms with Gasteiger partial charge in [0.2, 0.25) is 5.91 Å². The van der Waals surface area contributed by atoms with E-state index in [4.69, 9.17) is 0 Å². The maximum absolute atomic E-state index is 11.7. The molecule has 1 heterocycles. The minimum Gasteiger partial charge on any atom is -0.365 e. The zero-order chi connectivity index (χ0) is 10.6. The van der Waals surface area contributed by atoms with E-state index in [1.54, 1.807) is 0 Å². The Bertz CT molecular complexity index is 300. The summed E-state index contributed by atoms with van der Waals surface area (Å²) in [5.41, 5.74) is 2.17. The van der Waals surface area contributed by atoms with Crippen molar-refractivity contribution < 1.29 is 4.79 Å². The van der Waals surface area contributed by atoms with Crippen molar-refractivity contribution in [2.75, 3.05) is 13.1 Å². The van der Waals surface area contributed by atoms with Gasteiger partial charge >= 0.3 is 0 Å². The average Bonchev–Trinajstić information content (AvgIpc) is 2.53. The molecule has 0 aliphatic carbocycles. The van der Waals surface area contributed by atoms with Crippen LogP contribution < -0.4 is 0 Å². The van der Waals surface area contributed by atoms with Crippen molar-refractivity contribution in [3.05, 3.63) is 23.5 Å². The lowest BCUT2D eigenvalue weighted by Gasteiger charge is -2.17. The molecular formula is C11H18N2O. The van der Waals surface area contributed by atoms with Gasteiger partial charge in [0.1, 0.15) is 0 Å². The van der Waals surface area contributed by atoms with E-state index in [1.807, 2.05) is 37.9 Å². The van der Waals surface area contributed by atoms with Crippen molar-refractivity contribution in [1.82, 2.24) is 9.88 Å². The fourth-order valence-corrected chi connectivity index (χ4v) is 1.53. The number of H-pyrrole nitrogens is 1. The van der Waals surface area contributed by atoms with Crippen molar-refractivity contribution in [1.29, 1.82) is 0 Å². The third-order valence-electron chi connectivity index (χ3n) is 2.36. The number of aromatic nitrogens is 1. The van der Waals surface area contributed by atoms with E-state index in [0.29, 0.717) is 6.42 Å². The Morgan fingerprint density at radius 2 is 2.07 bits per heavy atom. The molecule has 1 amide bonds. The highest BCUT2D eigenvalue weighted by atomic mass is 16.2. The third kappa shape index (κ3) is 2.62. The van der Waals surface area contributed by atoms with Crippen LogP contribution in [0, 0.1) is 6.92 Å². The normalized spacial score (nSPS) is 10.2. The number of likely N-dealkylation sites (N-methyl/N-ethyl adjacent to an activating group) is 1. The molecule has 0 radical (unpaired) electrons. The van der Waals surface area contributed by atoms with Gasteiger partial charge < -0.3 is 9.88 Å². The van der Waals surface area contributed by atoms with E-state index in [2.05, 4.69) is 4.98 Å². The second-order valence-corrected chi connectivity index (χ2v) is 3.43. The quantitative estimate of drug-likeness (QED) is 0.778. The molecule has 0 saturated carbocycles. The molecule has 1 aromatic rings. The minimum absolute atomic E-state index is 0.203. The molecule has 0 bridgehead atoms. The van der Waals surface area contributed by atoms with Crippen molar-refractivity contribution in [3.63, 3.8) is 0 Å². The molecule has 14 heavy (non-hydrogen) atoms. The van der Waals surface area contributed by atoms with Crippen LogP contribution in [0.1, 0.15) is 25.1 Å². The number of aromatic amines is 1. The number of carbonyl (C=O) groups is 1. The van der Waals surface area contributed by atoms with E-state index in [9.17, 15) is 4.79 Å². The first kappa shape index (κ1) is 10.8. The number of hydrogen-bond donors (Lipinski definition) is 1. The number of nitrogens with zero attached hydrogens (tertiary/aromatic N) is 1. The van der Waals surface area contributed by atoms with E-state index in [0.717, 1.165) is 24.3 Å². The molecule has 0 unspecified atom stereocenters. The lowest BCUT2D eigenvalue weighted by Crippen LogP contribution is -2.31. The van der Waals surface area contributed by atoms with Gasteiger partial charge in [0, 0.05) is 25.0 Å². The van der Waals surface area contributed by atoms with Crippen molar-refractivity contribution >= 4 is 5.91 Å². The Hall–Kier alpha value is -1.25. The zero-order valence-electron chi connectivity index (χ0n) is 9.13. The highest BCUT2D eigenvalue weighted by Crippen LogP contribution is 2.05. The summed E-state index contributed by atoms with van der Waals surface area (Å²) in [5.74, 6) is 0.203. The second-order valence-electron chi connectivity index (χ2n) is 3.43. The number of hydrogen-bond acceptors (Lipinski definition) is 1. The van der Waals surface area contributed by atoms with Gasteiger partial charge in [-0.25, -0.2) is 0 Å². The molecule has 1 rings (SSSR count). The Kier molecular flexibility index (Phi) is 3.74. The summed E-state index contributed by atoms with van der Waals surface area (Å²) in [7, 11) is 0. The molecule has 0 aliphatic rings. The van der Waals surface area contributed by atoms with Crippen molar-refractivity contribution in [2.24, 2.45) is 0 Å². The zero-order valence-corrected chi connectivity index (χ0v) is 9.13. The van der Waals surface area contributed by atoms with Crippen molar-refractivity contribution in [3.8, 4) is 0 Å². The summed E-state index contributed by atoms with van der Waals surface area (Å²) in [6.07, 6.45) is 2.41. The van der Waals surface area contributed by atoms with Crippen LogP contribution >= 0.6 is 0 Å². The summed E-state index contributed by atoms with van der Waals surface area (Å²) in [5, 5.41) is 0. The predicted octanol–water partition coefficient (Wildman–Crippen LogP) is 1.73. The van der Waals surface area contributed by atoms with Crippen LogP contribution in [-0.4, -0.2) is 28.9 Å². The summed E-state index contributed by atoms with van der Waals surface area (Å²) in [6.45, 7) is 7.58. The van der Waals surface area contributed by atoms with E-state index >= 15 is 0 Å². The van der Waals surface area contributed by atoms with Gasteiger partial charge in [-0.15, -0.1) is 0 Å². The maximum Gasteiger partial charge on any atom is 0.227 e. The molecule has 1 aromatic heterocycles. The number of rotatable bonds is 4. The highest BCUT2D eigenvalue weighted by Gasteiger charge is 2.10. The smallest absolute Gasteiger partial charge is 0.227 e. The van der Waals surface area contributed by atoms with Crippen LogP contribution in [0.3, 0.4) is 0 Å². The van der Waals surface area contributed by atoms with Gasteiger partial charge in [-0.05, 0) is 32.4 Å². The van der Waals surface area contributed by atoms with Gasteiger partial charge in [-0.2, -0.15) is 0 Å². The van der Waals surface area contributed by atoms with Gasteiger partial charge in [-0.1, -0.05) is 0 Å². The molecular weight excluding hydrogens is 176 g/mol. The number of amides is 1.